The molecule has 0 aromatic heterocycles. The number of likely N-dealkylation sites (tertiary alicyclic amines) is 1. The minimum Gasteiger partial charge on any atom is -0.496 e. The number of nitrogens with zero attached hydrogens (tertiary/aromatic N) is 2. The number of anilines is 1. The van der Waals surface area contributed by atoms with Crippen molar-refractivity contribution in [1.82, 2.24) is 10.2 Å². The van der Waals surface area contributed by atoms with Crippen LogP contribution in [0.4, 0.5) is 10.5 Å². The quantitative estimate of drug-likeness (QED) is 0.750. The third-order valence-electron chi connectivity index (χ3n) is 5.99. The standard InChI is InChI=1S/C24H28ClN3O4/c1-16-15-28(20-13-19(25)7-8-22(20)32-16)24(30)27-11-9-17(10-12-27)23(29)26-14-18-5-3-4-6-21(18)31-2/h3-8,13,16-17H,9-12,14-15H2,1-2H3,(H,26,29)/t16-/m0/s1. The molecule has 7 nitrogen and oxygen atoms in total. The molecule has 0 spiro atoms. The molecule has 2 heterocycles. The monoisotopic (exact) mass is 457 g/mol. The molecule has 8 heteroatoms. The second-order valence-electron chi connectivity index (χ2n) is 8.22. The van der Waals surface area contributed by atoms with Gasteiger partial charge in [0, 0.05) is 36.1 Å². The summed E-state index contributed by atoms with van der Waals surface area (Å²) in [6.45, 7) is 3.90. The topological polar surface area (TPSA) is 71.1 Å². The first-order valence-electron chi connectivity index (χ1n) is 10.9. The Hall–Kier alpha value is -2.93. The molecular weight excluding hydrogens is 430 g/mol. The smallest absolute Gasteiger partial charge is 0.324 e. The van der Waals surface area contributed by atoms with Crippen molar-refractivity contribution in [1.29, 1.82) is 0 Å². The van der Waals surface area contributed by atoms with E-state index in [-0.39, 0.29) is 24.0 Å². The Kier molecular flexibility index (Phi) is 6.74. The van der Waals surface area contributed by atoms with Crippen LogP contribution in [0.3, 0.4) is 0 Å². The van der Waals surface area contributed by atoms with Crippen molar-refractivity contribution < 1.29 is 19.1 Å². The summed E-state index contributed by atoms with van der Waals surface area (Å²) >= 11 is 6.16. The molecule has 0 bridgehead atoms. The van der Waals surface area contributed by atoms with Gasteiger partial charge in [-0.1, -0.05) is 29.8 Å². The Morgan fingerprint density at radius 3 is 2.69 bits per heavy atom. The van der Waals surface area contributed by atoms with E-state index >= 15 is 0 Å². The van der Waals surface area contributed by atoms with Gasteiger partial charge in [-0.05, 0) is 44.0 Å². The second-order valence-corrected chi connectivity index (χ2v) is 8.66. The Morgan fingerprint density at radius 2 is 1.94 bits per heavy atom. The maximum absolute atomic E-state index is 13.3. The van der Waals surface area contributed by atoms with E-state index in [2.05, 4.69) is 5.32 Å². The van der Waals surface area contributed by atoms with Crippen molar-refractivity contribution in [2.24, 2.45) is 5.92 Å². The third-order valence-corrected chi connectivity index (χ3v) is 6.23. The zero-order chi connectivity index (χ0) is 22.7. The number of hydrogen-bond acceptors (Lipinski definition) is 4. The molecule has 170 valence electrons. The molecule has 1 saturated heterocycles. The first-order valence-corrected chi connectivity index (χ1v) is 11.3. The van der Waals surface area contributed by atoms with Gasteiger partial charge in [-0.2, -0.15) is 0 Å². The molecule has 2 aromatic carbocycles. The van der Waals surface area contributed by atoms with Crippen LogP contribution in [0.2, 0.25) is 5.02 Å². The van der Waals surface area contributed by atoms with Crippen molar-refractivity contribution in [3.8, 4) is 11.5 Å². The zero-order valence-corrected chi connectivity index (χ0v) is 19.1. The summed E-state index contributed by atoms with van der Waals surface area (Å²) < 4.78 is 11.2. The van der Waals surface area contributed by atoms with Gasteiger partial charge in [-0.15, -0.1) is 0 Å². The lowest BCUT2D eigenvalue weighted by Gasteiger charge is -2.39. The third kappa shape index (κ3) is 4.78. The van der Waals surface area contributed by atoms with Crippen molar-refractivity contribution in [3.63, 3.8) is 0 Å². The number of carbonyl (C=O) groups is 2. The Morgan fingerprint density at radius 1 is 1.19 bits per heavy atom. The lowest BCUT2D eigenvalue weighted by molar-refractivity contribution is -0.126. The van der Waals surface area contributed by atoms with Gasteiger partial charge in [-0.3, -0.25) is 9.69 Å². The molecule has 32 heavy (non-hydrogen) atoms. The van der Waals surface area contributed by atoms with Gasteiger partial charge in [-0.25, -0.2) is 4.79 Å². The molecule has 0 aliphatic carbocycles. The molecular formula is C24H28ClN3O4. The Balaban J connectivity index is 1.34. The fourth-order valence-electron chi connectivity index (χ4n) is 4.27. The molecule has 4 rings (SSSR count). The highest BCUT2D eigenvalue weighted by Crippen LogP contribution is 2.36. The van der Waals surface area contributed by atoms with Gasteiger partial charge in [0.1, 0.15) is 17.6 Å². The summed E-state index contributed by atoms with van der Waals surface area (Å²) in [5.41, 5.74) is 1.63. The van der Waals surface area contributed by atoms with Crippen LogP contribution in [0.1, 0.15) is 25.3 Å². The minimum atomic E-state index is -0.112. The van der Waals surface area contributed by atoms with Crippen LogP contribution in [-0.4, -0.2) is 49.7 Å². The van der Waals surface area contributed by atoms with Gasteiger partial charge in [0.2, 0.25) is 5.91 Å². The van der Waals surface area contributed by atoms with Gasteiger partial charge in [0.05, 0.1) is 19.3 Å². The lowest BCUT2D eigenvalue weighted by Crippen LogP contribution is -2.52. The first kappa shape index (κ1) is 22.3. The number of carbonyl (C=O) groups excluding carboxylic acids is 2. The number of piperidine rings is 1. The predicted octanol–water partition coefficient (Wildman–Crippen LogP) is 4.08. The van der Waals surface area contributed by atoms with Crippen LogP contribution in [0, 0.1) is 5.92 Å². The highest BCUT2D eigenvalue weighted by atomic mass is 35.5. The summed E-state index contributed by atoms with van der Waals surface area (Å²) in [6, 6.07) is 12.9. The summed E-state index contributed by atoms with van der Waals surface area (Å²) in [7, 11) is 1.62. The second kappa shape index (κ2) is 9.69. The van der Waals surface area contributed by atoms with Crippen molar-refractivity contribution in [3.05, 3.63) is 53.1 Å². The highest BCUT2D eigenvalue weighted by Gasteiger charge is 2.34. The SMILES string of the molecule is COc1ccccc1CNC(=O)C1CCN(C(=O)N2C[C@H](C)Oc3ccc(Cl)cc32)CC1. The van der Waals surface area contributed by atoms with E-state index in [1.807, 2.05) is 36.1 Å². The number of halogens is 1. The lowest BCUT2D eigenvalue weighted by atomic mass is 9.96. The number of amides is 3. The fourth-order valence-corrected chi connectivity index (χ4v) is 4.44. The van der Waals surface area contributed by atoms with Crippen LogP contribution >= 0.6 is 11.6 Å². The number of nitrogens with one attached hydrogen (secondary N) is 1. The molecule has 2 aliphatic rings. The van der Waals surface area contributed by atoms with Gasteiger partial charge in [0.15, 0.2) is 0 Å². The van der Waals surface area contributed by atoms with Gasteiger partial charge in [0.25, 0.3) is 0 Å². The van der Waals surface area contributed by atoms with Crippen molar-refractivity contribution in [2.75, 3.05) is 31.6 Å². The Labute approximate surface area is 193 Å². The summed E-state index contributed by atoms with van der Waals surface area (Å²) in [4.78, 5) is 29.5. The largest absolute Gasteiger partial charge is 0.496 e. The van der Waals surface area contributed by atoms with Crippen molar-refractivity contribution in [2.45, 2.75) is 32.4 Å². The molecule has 1 atom stereocenters. The molecule has 0 unspecified atom stereocenters. The van der Waals surface area contributed by atoms with E-state index in [1.165, 1.54) is 0 Å². The molecule has 0 saturated carbocycles. The number of ether oxygens (including phenoxy) is 2. The predicted molar refractivity (Wildman–Crippen MR) is 123 cm³/mol. The number of hydrogen-bond donors (Lipinski definition) is 1. The minimum absolute atomic E-state index is 0.0140. The van der Waals surface area contributed by atoms with Crippen molar-refractivity contribution >= 4 is 29.2 Å². The maximum atomic E-state index is 13.3. The number of fused-ring (bicyclic) bond motifs is 1. The molecule has 1 fully saturated rings. The first-order chi connectivity index (χ1) is 15.5. The average Bonchev–Trinajstić information content (AvgIpc) is 2.82. The van der Waals surface area contributed by atoms with Crippen LogP contribution in [0.5, 0.6) is 11.5 Å². The molecule has 1 N–H and O–H groups in total. The van der Waals surface area contributed by atoms with Gasteiger partial charge < -0.3 is 19.7 Å². The summed E-state index contributed by atoms with van der Waals surface area (Å²) in [5.74, 6) is 1.32. The number of methoxy groups -OCH3 is 1. The molecule has 0 radical (unpaired) electrons. The number of benzene rings is 2. The zero-order valence-electron chi connectivity index (χ0n) is 18.3. The van der Waals surface area contributed by atoms with Crippen LogP contribution < -0.4 is 19.7 Å². The van der Waals surface area contributed by atoms with E-state index in [0.717, 1.165) is 11.3 Å². The van der Waals surface area contributed by atoms with E-state index < -0.39 is 0 Å². The maximum Gasteiger partial charge on any atom is 0.324 e. The highest BCUT2D eigenvalue weighted by molar-refractivity contribution is 6.31. The van der Waals surface area contributed by atoms with Crippen LogP contribution in [0.15, 0.2) is 42.5 Å². The van der Waals surface area contributed by atoms with E-state index in [0.29, 0.717) is 55.5 Å². The van der Waals surface area contributed by atoms with Crippen LogP contribution in [0.25, 0.3) is 0 Å². The van der Waals surface area contributed by atoms with Gasteiger partial charge >= 0.3 is 6.03 Å². The molecule has 2 aliphatic heterocycles. The number of urea groups is 1. The van der Waals surface area contributed by atoms with E-state index in [1.54, 1.807) is 30.2 Å². The Bertz CT molecular complexity index is 991. The molecule has 3 amide bonds. The average molecular weight is 458 g/mol. The normalized spacial score (nSPS) is 18.5. The summed E-state index contributed by atoms with van der Waals surface area (Å²) in [5, 5.41) is 3.57. The number of para-hydroxylation sites is 1. The molecule has 2 aromatic rings. The summed E-state index contributed by atoms with van der Waals surface area (Å²) in [6.07, 6.45) is 1.16. The fraction of sp³-hybridized carbons (Fsp3) is 0.417. The van der Waals surface area contributed by atoms with Crippen LogP contribution in [-0.2, 0) is 11.3 Å². The van der Waals surface area contributed by atoms with E-state index in [9.17, 15) is 9.59 Å². The number of rotatable bonds is 4. The van der Waals surface area contributed by atoms with E-state index in [4.69, 9.17) is 21.1 Å².